The maximum Gasteiger partial charge on any atom is 0.163 e. The quantitative estimate of drug-likeness (QED) is 0.648. The highest BCUT2D eigenvalue weighted by atomic mass is 79.9. The van der Waals surface area contributed by atoms with Crippen molar-refractivity contribution in [1.29, 1.82) is 0 Å². The minimum atomic E-state index is 1.01. The monoisotopic (exact) mass is 341 g/mol. The van der Waals surface area contributed by atoms with Crippen molar-refractivity contribution < 1.29 is 0 Å². The van der Waals surface area contributed by atoms with Crippen LogP contribution in [0, 0.1) is 0 Å². The van der Waals surface area contributed by atoms with Crippen molar-refractivity contribution in [1.82, 2.24) is 14.8 Å². The van der Waals surface area contributed by atoms with Crippen LogP contribution in [0.3, 0.4) is 0 Å². The summed E-state index contributed by atoms with van der Waals surface area (Å²) >= 11 is 3.61. The molecule has 3 nitrogen and oxygen atoms in total. The predicted molar refractivity (Wildman–Crippen MR) is 88.2 cm³/mol. The number of rotatable bonds is 1. The molecule has 0 spiro atoms. The van der Waals surface area contributed by atoms with Crippen LogP contribution >= 0.6 is 15.9 Å². The molecule has 0 aliphatic carbocycles. The van der Waals surface area contributed by atoms with Gasteiger partial charge in [-0.15, -0.1) is 10.2 Å². The molecule has 1 aliphatic rings. The van der Waals surface area contributed by atoms with Crippen molar-refractivity contribution >= 4 is 26.7 Å². The Morgan fingerprint density at radius 3 is 2.90 bits per heavy atom. The Kier molecular flexibility index (Phi) is 3.26. The highest BCUT2D eigenvalue weighted by Gasteiger charge is 2.16. The molecule has 3 aromatic rings. The van der Waals surface area contributed by atoms with Crippen molar-refractivity contribution in [2.24, 2.45) is 0 Å². The fourth-order valence-electron chi connectivity index (χ4n) is 3.08. The Bertz CT molecular complexity index is 807. The maximum atomic E-state index is 4.44. The van der Waals surface area contributed by atoms with Gasteiger partial charge in [0.15, 0.2) is 5.82 Å². The van der Waals surface area contributed by atoms with Gasteiger partial charge in [0.05, 0.1) is 0 Å². The van der Waals surface area contributed by atoms with E-state index in [9.17, 15) is 0 Å². The van der Waals surface area contributed by atoms with Crippen LogP contribution in [0.5, 0.6) is 0 Å². The van der Waals surface area contributed by atoms with E-state index in [1.54, 1.807) is 0 Å². The predicted octanol–water partition coefficient (Wildman–Crippen LogP) is 4.59. The largest absolute Gasteiger partial charge is 0.311 e. The zero-order chi connectivity index (χ0) is 14.2. The van der Waals surface area contributed by atoms with Crippen LogP contribution in [-0.2, 0) is 13.0 Å². The Labute approximate surface area is 132 Å². The number of aromatic nitrogens is 3. The van der Waals surface area contributed by atoms with Gasteiger partial charge in [-0.25, -0.2) is 0 Å². The smallest absolute Gasteiger partial charge is 0.163 e. The van der Waals surface area contributed by atoms with Gasteiger partial charge in [0.1, 0.15) is 5.82 Å². The highest BCUT2D eigenvalue weighted by molar-refractivity contribution is 9.10. The van der Waals surface area contributed by atoms with Crippen LogP contribution < -0.4 is 0 Å². The second kappa shape index (κ2) is 5.26. The van der Waals surface area contributed by atoms with Crippen molar-refractivity contribution in [3.05, 3.63) is 46.7 Å². The number of aryl methyl sites for hydroxylation is 1. The standard InChI is InChI=1S/C17H16BrN3/c18-15-6-4-5-12-11-13(8-9-14(12)15)17-20-19-16-7-2-1-3-10-21(16)17/h4-6,8-9,11H,1-3,7,10H2. The van der Waals surface area contributed by atoms with Gasteiger partial charge < -0.3 is 4.57 Å². The van der Waals surface area contributed by atoms with E-state index in [1.807, 2.05) is 0 Å². The molecular weight excluding hydrogens is 326 g/mol. The Morgan fingerprint density at radius 1 is 1.00 bits per heavy atom. The van der Waals surface area contributed by atoms with Crippen molar-refractivity contribution in [3.8, 4) is 11.4 Å². The van der Waals surface area contributed by atoms with E-state index < -0.39 is 0 Å². The van der Waals surface area contributed by atoms with Gasteiger partial charge in [0.25, 0.3) is 0 Å². The summed E-state index contributed by atoms with van der Waals surface area (Å²) in [6, 6.07) is 12.8. The van der Waals surface area contributed by atoms with Crippen LogP contribution in [-0.4, -0.2) is 14.8 Å². The zero-order valence-electron chi connectivity index (χ0n) is 11.7. The molecule has 4 heteroatoms. The summed E-state index contributed by atoms with van der Waals surface area (Å²) in [5, 5.41) is 11.3. The lowest BCUT2D eigenvalue weighted by molar-refractivity contribution is 0.637. The van der Waals surface area contributed by atoms with Crippen LogP contribution in [0.1, 0.15) is 25.1 Å². The molecule has 21 heavy (non-hydrogen) atoms. The van der Waals surface area contributed by atoms with Gasteiger partial charge in [0, 0.05) is 23.0 Å². The van der Waals surface area contributed by atoms with E-state index in [0.717, 1.165) is 34.7 Å². The summed E-state index contributed by atoms with van der Waals surface area (Å²) in [4.78, 5) is 0. The number of hydrogen-bond donors (Lipinski definition) is 0. The number of nitrogens with zero attached hydrogens (tertiary/aromatic N) is 3. The Morgan fingerprint density at radius 2 is 1.95 bits per heavy atom. The lowest BCUT2D eigenvalue weighted by atomic mass is 10.1. The van der Waals surface area contributed by atoms with Crippen LogP contribution in [0.4, 0.5) is 0 Å². The summed E-state index contributed by atoms with van der Waals surface area (Å²) < 4.78 is 3.43. The summed E-state index contributed by atoms with van der Waals surface area (Å²) in [5.41, 5.74) is 1.15. The van der Waals surface area contributed by atoms with E-state index in [0.29, 0.717) is 0 Å². The third-order valence-corrected chi connectivity index (χ3v) is 4.89. The van der Waals surface area contributed by atoms with Crippen LogP contribution in [0.2, 0.25) is 0 Å². The van der Waals surface area contributed by atoms with E-state index >= 15 is 0 Å². The molecular formula is C17H16BrN3. The van der Waals surface area contributed by atoms with E-state index in [1.165, 1.54) is 30.0 Å². The minimum absolute atomic E-state index is 1.01. The van der Waals surface area contributed by atoms with E-state index in [-0.39, 0.29) is 0 Å². The molecule has 4 rings (SSSR count). The lowest BCUT2D eigenvalue weighted by Crippen LogP contribution is -2.02. The van der Waals surface area contributed by atoms with Crippen molar-refractivity contribution in [3.63, 3.8) is 0 Å². The Balaban J connectivity index is 1.85. The molecule has 2 heterocycles. The van der Waals surface area contributed by atoms with Gasteiger partial charge >= 0.3 is 0 Å². The average Bonchev–Trinajstić information content (AvgIpc) is 2.76. The van der Waals surface area contributed by atoms with E-state index in [2.05, 4.69) is 67.1 Å². The highest BCUT2D eigenvalue weighted by Crippen LogP contribution is 2.29. The Hall–Kier alpha value is -1.68. The summed E-state index contributed by atoms with van der Waals surface area (Å²) in [7, 11) is 0. The fourth-order valence-corrected chi connectivity index (χ4v) is 3.60. The topological polar surface area (TPSA) is 30.7 Å². The number of benzene rings is 2. The number of fused-ring (bicyclic) bond motifs is 2. The molecule has 0 amide bonds. The third kappa shape index (κ3) is 2.27. The second-order valence-corrected chi connectivity index (χ2v) is 6.43. The first-order chi connectivity index (χ1) is 10.3. The fraction of sp³-hybridized carbons (Fsp3) is 0.294. The van der Waals surface area contributed by atoms with Gasteiger partial charge in [0.2, 0.25) is 0 Å². The molecule has 0 radical (unpaired) electrons. The second-order valence-electron chi connectivity index (χ2n) is 5.58. The molecule has 1 aromatic heterocycles. The van der Waals surface area contributed by atoms with Crippen molar-refractivity contribution in [2.45, 2.75) is 32.2 Å². The number of halogens is 1. The molecule has 0 saturated heterocycles. The third-order valence-electron chi connectivity index (χ3n) is 4.19. The van der Waals surface area contributed by atoms with Crippen LogP contribution in [0.15, 0.2) is 40.9 Å². The molecule has 0 saturated carbocycles. The molecule has 0 atom stereocenters. The van der Waals surface area contributed by atoms with Crippen molar-refractivity contribution in [2.75, 3.05) is 0 Å². The first kappa shape index (κ1) is 13.0. The van der Waals surface area contributed by atoms with Gasteiger partial charge in [-0.1, -0.05) is 46.6 Å². The summed E-state index contributed by atoms with van der Waals surface area (Å²) in [6.45, 7) is 1.04. The first-order valence-electron chi connectivity index (χ1n) is 7.44. The molecule has 2 aromatic carbocycles. The SMILES string of the molecule is Brc1cccc2cc(-c3nnc4n3CCCCC4)ccc12. The van der Waals surface area contributed by atoms with E-state index in [4.69, 9.17) is 0 Å². The van der Waals surface area contributed by atoms with Gasteiger partial charge in [-0.2, -0.15) is 0 Å². The summed E-state index contributed by atoms with van der Waals surface area (Å²) in [6.07, 6.45) is 4.78. The minimum Gasteiger partial charge on any atom is -0.311 e. The molecule has 1 aliphatic heterocycles. The summed E-state index contributed by atoms with van der Waals surface area (Å²) in [5.74, 6) is 2.14. The van der Waals surface area contributed by atoms with Gasteiger partial charge in [-0.05, 0) is 35.7 Å². The molecule has 0 N–H and O–H groups in total. The average molecular weight is 342 g/mol. The lowest BCUT2D eigenvalue weighted by Gasteiger charge is -2.08. The zero-order valence-corrected chi connectivity index (χ0v) is 13.3. The molecule has 0 fully saturated rings. The van der Waals surface area contributed by atoms with Gasteiger partial charge in [-0.3, -0.25) is 0 Å². The maximum absolute atomic E-state index is 4.44. The molecule has 0 bridgehead atoms. The first-order valence-corrected chi connectivity index (χ1v) is 8.23. The normalized spacial score (nSPS) is 14.9. The van der Waals surface area contributed by atoms with Crippen LogP contribution in [0.25, 0.3) is 22.2 Å². The molecule has 0 unspecified atom stereocenters. The molecule has 106 valence electrons. The number of hydrogen-bond acceptors (Lipinski definition) is 2.